The van der Waals surface area contributed by atoms with Gasteiger partial charge < -0.3 is 11.1 Å². The van der Waals surface area contributed by atoms with Gasteiger partial charge in [0.1, 0.15) is 0 Å². The van der Waals surface area contributed by atoms with Crippen LogP contribution in [0, 0.1) is 0 Å². The van der Waals surface area contributed by atoms with Crippen molar-refractivity contribution in [3.63, 3.8) is 0 Å². The van der Waals surface area contributed by atoms with Gasteiger partial charge in [0.15, 0.2) is 0 Å². The number of nitrogens with two attached hydrogens (primary N) is 1. The lowest BCUT2D eigenvalue weighted by Gasteiger charge is -2.03. The zero-order chi connectivity index (χ0) is 11.4. The van der Waals surface area contributed by atoms with Crippen LogP contribution < -0.4 is 11.1 Å². The summed E-state index contributed by atoms with van der Waals surface area (Å²) in [5.74, 6) is 0. The number of hydrogen-bond acceptors (Lipinski definition) is 3. The van der Waals surface area contributed by atoms with Gasteiger partial charge in [0.2, 0.25) is 0 Å². The zero-order valence-corrected chi connectivity index (χ0v) is 11.1. The molecule has 0 amide bonds. The van der Waals surface area contributed by atoms with Gasteiger partial charge in [-0.25, -0.2) is 0 Å². The van der Waals surface area contributed by atoms with E-state index in [1.165, 1.54) is 10.4 Å². The molecule has 0 saturated heterocycles. The minimum atomic E-state index is 0.811. The van der Waals surface area contributed by atoms with Crippen LogP contribution in [0.1, 0.15) is 10.4 Å². The molecule has 0 radical (unpaired) electrons. The second kappa shape index (κ2) is 5.48. The first-order valence-electron chi connectivity index (χ1n) is 5.02. The molecule has 2 rings (SSSR count). The van der Waals surface area contributed by atoms with E-state index in [9.17, 15) is 0 Å². The Balaban J connectivity index is 1.82. The molecule has 0 fully saturated rings. The summed E-state index contributed by atoms with van der Waals surface area (Å²) in [6.45, 7) is 1.77. The Morgan fingerprint density at radius 2 is 1.94 bits per heavy atom. The Bertz CT molecular complexity index is 450. The molecule has 0 spiro atoms. The van der Waals surface area contributed by atoms with E-state index in [4.69, 9.17) is 5.73 Å². The predicted octanol–water partition coefficient (Wildman–Crippen LogP) is 3.38. The Morgan fingerprint density at radius 3 is 2.56 bits per heavy atom. The third-order valence-electron chi connectivity index (χ3n) is 2.23. The molecule has 3 N–H and O–H groups in total. The van der Waals surface area contributed by atoms with Crippen molar-refractivity contribution >= 4 is 33.0 Å². The van der Waals surface area contributed by atoms with Gasteiger partial charge in [-0.05, 0) is 39.7 Å². The number of hydrogen-bond donors (Lipinski definition) is 2. The maximum Gasteiger partial charge on any atom is 0.0314 e. The van der Waals surface area contributed by atoms with Gasteiger partial charge in [-0.2, -0.15) is 0 Å². The molecule has 2 aromatic rings. The Morgan fingerprint density at radius 1 is 1.19 bits per heavy atom. The molecule has 0 unspecified atom stereocenters. The highest BCUT2D eigenvalue weighted by Gasteiger charge is 1.97. The molecular formula is C12H13BrN2S. The van der Waals surface area contributed by atoms with Gasteiger partial charge in [0, 0.05) is 33.5 Å². The maximum atomic E-state index is 5.63. The van der Waals surface area contributed by atoms with Crippen molar-refractivity contribution in [2.75, 3.05) is 5.73 Å². The SMILES string of the molecule is Nc1ccc(CNCc2cc(Br)cs2)cc1. The Kier molecular flexibility index (Phi) is 3.98. The van der Waals surface area contributed by atoms with E-state index in [1.807, 2.05) is 24.3 Å². The molecule has 0 aliphatic heterocycles. The first-order valence-corrected chi connectivity index (χ1v) is 6.69. The van der Waals surface area contributed by atoms with Gasteiger partial charge in [0.05, 0.1) is 0 Å². The van der Waals surface area contributed by atoms with Crippen LogP contribution in [0.5, 0.6) is 0 Å². The largest absolute Gasteiger partial charge is 0.399 e. The van der Waals surface area contributed by atoms with Gasteiger partial charge in [0.25, 0.3) is 0 Å². The number of nitrogen functional groups attached to an aromatic ring is 1. The van der Waals surface area contributed by atoms with Crippen molar-refractivity contribution in [2.45, 2.75) is 13.1 Å². The van der Waals surface area contributed by atoms with Crippen LogP contribution in [0.2, 0.25) is 0 Å². The molecule has 1 aromatic carbocycles. The van der Waals surface area contributed by atoms with Gasteiger partial charge in [-0.3, -0.25) is 0 Å². The lowest BCUT2D eigenvalue weighted by molar-refractivity contribution is 0.701. The fourth-order valence-electron chi connectivity index (χ4n) is 1.41. The number of rotatable bonds is 4. The molecule has 1 heterocycles. The minimum Gasteiger partial charge on any atom is -0.399 e. The standard InChI is InChI=1S/C12H13BrN2S/c13-10-5-12(16-8-10)7-15-6-9-1-3-11(14)4-2-9/h1-5,8,15H,6-7,14H2. The van der Waals surface area contributed by atoms with Crippen LogP contribution in [-0.4, -0.2) is 0 Å². The molecule has 16 heavy (non-hydrogen) atoms. The summed E-state index contributed by atoms with van der Waals surface area (Å²) in [5, 5.41) is 5.50. The van der Waals surface area contributed by atoms with Crippen LogP contribution in [0.3, 0.4) is 0 Å². The summed E-state index contributed by atoms with van der Waals surface area (Å²) in [6.07, 6.45) is 0. The summed E-state index contributed by atoms with van der Waals surface area (Å²) in [4.78, 5) is 1.34. The first-order chi connectivity index (χ1) is 7.74. The summed E-state index contributed by atoms with van der Waals surface area (Å²) in [7, 11) is 0. The first kappa shape index (κ1) is 11.6. The normalized spacial score (nSPS) is 10.6. The van der Waals surface area contributed by atoms with Crippen LogP contribution in [0.25, 0.3) is 0 Å². The van der Waals surface area contributed by atoms with Gasteiger partial charge in [-0.15, -0.1) is 11.3 Å². The topological polar surface area (TPSA) is 38.0 Å². The summed E-state index contributed by atoms with van der Waals surface area (Å²) in [6, 6.07) is 10.1. The Hall–Kier alpha value is -0.840. The molecule has 0 atom stereocenters. The van der Waals surface area contributed by atoms with Crippen molar-refractivity contribution in [3.8, 4) is 0 Å². The van der Waals surface area contributed by atoms with E-state index in [1.54, 1.807) is 11.3 Å². The van der Waals surface area contributed by atoms with Crippen molar-refractivity contribution < 1.29 is 0 Å². The summed E-state index contributed by atoms with van der Waals surface area (Å²) in [5.41, 5.74) is 7.69. The van der Waals surface area contributed by atoms with E-state index in [0.717, 1.165) is 23.2 Å². The molecule has 0 aliphatic rings. The van der Waals surface area contributed by atoms with E-state index in [0.29, 0.717) is 0 Å². The number of benzene rings is 1. The third kappa shape index (κ3) is 3.33. The highest BCUT2D eigenvalue weighted by atomic mass is 79.9. The maximum absolute atomic E-state index is 5.63. The van der Waals surface area contributed by atoms with E-state index in [-0.39, 0.29) is 0 Å². The van der Waals surface area contributed by atoms with Crippen LogP contribution in [0.15, 0.2) is 40.2 Å². The van der Waals surface area contributed by atoms with Crippen LogP contribution >= 0.6 is 27.3 Å². The molecule has 0 saturated carbocycles. The van der Waals surface area contributed by atoms with Gasteiger partial charge in [-0.1, -0.05) is 12.1 Å². The fourth-order valence-corrected chi connectivity index (χ4v) is 2.83. The monoisotopic (exact) mass is 296 g/mol. The second-order valence-corrected chi connectivity index (χ2v) is 5.49. The summed E-state index contributed by atoms with van der Waals surface area (Å²) < 4.78 is 1.15. The van der Waals surface area contributed by atoms with Crippen molar-refractivity contribution in [1.82, 2.24) is 5.32 Å². The average molecular weight is 297 g/mol. The third-order valence-corrected chi connectivity index (χ3v) is 3.93. The predicted molar refractivity (Wildman–Crippen MR) is 73.4 cm³/mol. The number of anilines is 1. The molecule has 84 valence electrons. The smallest absolute Gasteiger partial charge is 0.0314 e. The van der Waals surface area contributed by atoms with Crippen molar-refractivity contribution in [1.29, 1.82) is 0 Å². The highest BCUT2D eigenvalue weighted by molar-refractivity contribution is 9.10. The van der Waals surface area contributed by atoms with Crippen molar-refractivity contribution in [2.24, 2.45) is 0 Å². The molecular weight excluding hydrogens is 284 g/mol. The van der Waals surface area contributed by atoms with E-state index >= 15 is 0 Å². The van der Waals surface area contributed by atoms with Crippen LogP contribution in [0.4, 0.5) is 5.69 Å². The molecule has 4 heteroatoms. The highest BCUT2D eigenvalue weighted by Crippen LogP contribution is 2.19. The fraction of sp³-hybridized carbons (Fsp3) is 0.167. The lowest BCUT2D eigenvalue weighted by atomic mass is 10.2. The van der Waals surface area contributed by atoms with Crippen LogP contribution in [-0.2, 0) is 13.1 Å². The number of halogens is 1. The minimum absolute atomic E-state index is 0.811. The quantitative estimate of drug-likeness (QED) is 0.849. The van der Waals surface area contributed by atoms with Crippen molar-refractivity contribution in [3.05, 3.63) is 50.6 Å². The summed E-state index contributed by atoms with van der Waals surface area (Å²) >= 11 is 5.20. The molecule has 1 aromatic heterocycles. The molecule has 2 nitrogen and oxygen atoms in total. The number of thiophene rings is 1. The number of nitrogens with one attached hydrogen (secondary N) is 1. The lowest BCUT2D eigenvalue weighted by Crippen LogP contribution is -2.11. The zero-order valence-electron chi connectivity index (χ0n) is 8.74. The average Bonchev–Trinajstić information content (AvgIpc) is 2.67. The van der Waals surface area contributed by atoms with E-state index in [2.05, 4.69) is 32.7 Å². The molecule has 0 bridgehead atoms. The Labute approximate surface area is 108 Å². The second-order valence-electron chi connectivity index (χ2n) is 3.58. The van der Waals surface area contributed by atoms with Gasteiger partial charge >= 0.3 is 0 Å². The molecule has 0 aliphatic carbocycles. The van der Waals surface area contributed by atoms with E-state index < -0.39 is 0 Å².